The molecule has 0 radical (unpaired) electrons. The van der Waals surface area contributed by atoms with Crippen LogP contribution in [0.25, 0.3) is 0 Å². The fourth-order valence-corrected chi connectivity index (χ4v) is 1.90. The van der Waals surface area contributed by atoms with Crippen molar-refractivity contribution in [3.63, 3.8) is 0 Å². The maximum atomic E-state index is 13.8. The van der Waals surface area contributed by atoms with Crippen molar-refractivity contribution in [3.05, 3.63) is 17.8 Å². The Hall–Kier alpha value is -1.19. The Morgan fingerprint density at radius 2 is 2.25 bits per heavy atom. The van der Waals surface area contributed by atoms with Crippen LogP contribution in [-0.2, 0) is 6.42 Å². The third-order valence-electron chi connectivity index (χ3n) is 2.96. The van der Waals surface area contributed by atoms with E-state index in [0.717, 1.165) is 12.3 Å². The second-order valence-electron chi connectivity index (χ2n) is 4.56. The fourth-order valence-electron chi connectivity index (χ4n) is 1.90. The third kappa shape index (κ3) is 2.68. The molecule has 16 heavy (non-hydrogen) atoms. The van der Waals surface area contributed by atoms with Crippen LogP contribution in [0.1, 0.15) is 38.8 Å². The largest absolute Gasteiger partial charge is 0.365 e. The van der Waals surface area contributed by atoms with Crippen molar-refractivity contribution < 1.29 is 4.39 Å². The van der Waals surface area contributed by atoms with E-state index >= 15 is 0 Å². The number of nitrogens with zero attached hydrogens (tertiary/aromatic N) is 2. The smallest absolute Gasteiger partial charge is 0.186 e. The normalized spacial score (nSPS) is 17.2. The minimum Gasteiger partial charge on any atom is -0.365 e. The zero-order valence-corrected chi connectivity index (χ0v) is 9.83. The Morgan fingerprint density at radius 1 is 1.50 bits per heavy atom. The summed E-state index contributed by atoms with van der Waals surface area (Å²) >= 11 is 0. The molecule has 0 aromatic carbocycles. The Labute approximate surface area is 95.5 Å². The lowest BCUT2D eigenvalue weighted by atomic mass is 10.1. The van der Waals surface area contributed by atoms with Gasteiger partial charge in [-0.25, -0.2) is 14.4 Å². The minimum absolute atomic E-state index is 0.279. The van der Waals surface area contributed by atoms with Crippen molar-refractivity contribution in [2.75, 3.05) is 5.32 Å². The lowest BCUT2D eigenvalue weighted by Crippen LogP contribution is -2.18. The Balaban J connectivity index is 2.01. The van der Waals surface area contributed by atoms with Gasteiger partial charge in [-0.05, 0) is 25.7 Å². The molecule has 1 aromatic heterocycles. The molecule has 4 heteroatoms. The summed E-state index contributed by atoms with van der Waals surface area (Å²) in [6.45, 7) is 3.97. The van der Waals surface area contributed by atoms with Crippen molar-refractivity contribution in [1.82, 2.24) is 9.97 Å². The number of hydrogen-bond donors (Lipinski definition) is 1. The van der Waals surface area contributed by atoms with Gasteiger partial charge in [0.1, 0.15) is 6.33 Å². The monoisotopic (exact) mass is 223 g/mol. The van der Waals surface area contributed by atoms with Crippen LogP contribution in [0, 0.1) is 11.7 Å². The molecule has 1 fully saturated rings. The van der Waals surface area contributed by atoms with E-state index in [1.54, 1.807) is 0 Å². The highest BCUT2D eigenvalue weighted by molar-refractivity contribution is 5.38. The number of aryl methyl sites for hydroxylation is 1. The molecule has 0 saturated heterocycles. The van der Waals surface area contributed by atoms with Gasteiger partial charge in [-0.1, -0.05) is 19.8 Å². The predicted molar refractivity (Wildman–Crippen MR) is 61.8 cm³/mol. The summed E-state index contributed by atoms with van der Waals surface area (Å²) in [7, 11) is 0. The van der Waals surface area contributed by atoms with Crippen molar-refractivity contribution in [2.24, 2.45) is 5.92 Å². The average Bonchev–Trinajstić information content (AvgIpc) is 3.05. The summed E-state index contributed by atoms with van der Waals surface area (Å²) in [6, 6.07) is 0.279. The molecule has 1 atom stereocenters. The van der Waals surface area contributed by atoms with Crippen LogP contribution in [0.2, 0.25) is 0 Å². The van der Waals surface area contributed by atoms with Crippen LogP contribution in [0.5, 0.6) is 0 Å². The molecule has 3 nitrogen and oxygen atoms in total. The molecule has 1 saturated carbocycles. The van der Waals surface area contributed by atoms with Crippen LogP contribution < -0.4 is 5.32 Å². The molecule has 0 aliphatic heterocycles. The summed E-state index contributed by atoms with van der Waals surface area (Å²) in [5.41, 5.74) is 0.483. The molecule has 1 aromatic rings. The summed E-state index contributed by atoms with van der Waals surface area (Å²) in [4.78, 5) is 7.87. The fraction of sp³-hybridized carbons (Fsp3) is 0.667. The molecule has 0 bridgehead atoms. The average molecular weight is 223 g/mol. The summed E-state index contributed by atoms with van der Waals surface area (Å²) in [5, 5.41) is 3.13. The van der Waals surface area contributed by atoms with Gasteiger partial charge in [-0.15, -0.1) is 0 Å². The van der Waals surface area contributed by atoms with Gasteiger partial charge in [-0.3, -0.25) is 0 Å². The van der Waals surface area contributed by atoms with Gasteiger partial charge in [0.15, 0.2) is 11.6 Å². The van der Waals surface area contributed by atoms with E-state index in [9.17, 15) is 4.39 Å². The first-order chi connectivity index (χ1) is 7.70. The number of anilines is 1. The number of rotatable bonds is 5. The quantitative estimate of drug-likeness (QED) is 0.834. The van der Waals surface area contributed by atoms with E-state index in [-0.39, 0.29) is 11.9 Å². The molecule has 1 unspecified atom stereocenters. The van der Waals surface area contributed by atoms with Gasteiger partial charge in [-0.2, -0.15) is 0 Å². The zero-order valence-electron chi connectivity index (χ0n) is 9.83. The molecule has 1 heterocycles. The molecule has 2 rings (SSSR count). The van der Waals surface area contributed by atoms with Gasteiger partial charge < -0.3 is 5.32 Å². The van der Waals surface area contributed by atoms with E-state index in [2.05, 4.69) is 22.2 Å². The first-order valence-electron chi connectivity index (χ1n) is 5.96. The van der Waals surface area contributed by atoms with Crippen molar-refractivity contribution in [2.45, 2.75) is 45.6 Å². The second-order valence-corrected chi connectivity index (χ2v) is 4.56. The van der Waals surface area contributed by atoms with Crippen LogP contribution in [0.4, 0.5) is 10.2 Å². The Kier molecular flexibility index (Phi) is 3.36. The van der Waals surface area contributed by atoms with Gasteiger partial charge in [0, 0.05) is 6.04 Å². The maximum absolute atomic E-state index is 13.8. The highest BCUT2D eigenvalue weighted by Crippen LogP contribution is 2.34. The lowest BCUT2D eigenvalue weighted by Gasteiger charge is -2.14. The van der Waals surface area contributed by atoms with E-state index in [1.165, 1.54) is 19.2 Å². The van der Waals surface area contributed by atoms with Crippen LogP contribution >= 0.6 is 0 Å². The lowest BCUT2D eigenvalue weighted by molar-refractivity contribution is 0.583. The van der Waals surface area contributed by atoms with Gasteiger partial charge >= 0.3 is 0 Å². The highest BCUT2D eigenvalue weighted by Gasteiger charge is 2.24. The number of aromatic nitrogens is 2. The Morgan fingerprint density at radius 3 is 2.88 bits per heavy atom. The maximum Gasteiger partial charge on any atom is 0.186 e. The van der Waals surface area contributed by atoms with Gasteiger partial charge in [0.05, 0.1) is 5.69 Å². The third-order valence-corrected chi connectivity index (χ3v) is 2.96. The number of nitrogens with one attached hydrogen (secondary N) is 1. The molecular weight excluding hydrogens is 205 g/mol. The van der Waals surface area contributed by atoms with Crippen LogP contribution in [-0.4, -0.2) is 16.0 Å². The van der Waals surface area contributed by atoms with Crippen LogP contribution in [0.15, 0.2) is 6.33 Å². The first kappa shape index (κ1) is 11.3. The number of halogens is 1. The van der Waals surface area contributed by atoms with E-state index < -0.39 is 0 Å². The molecule has 1 aliphatic carbocycles. The van der Waals surface area contributed by atoms with E-state index in [1.807, 2.05) is 6.92 Å². The molecule has 1 aliphatic rings. The molecule has 1 N–H and O–H groups in total. The topological polar surface area (TPSA) is 37.8 Å². The van der Waals surface area contributed by atoms with Gasteiger partial charge in [0.25, 0.3) is 0 Å². The molecular formula is C12H18FN3. The summed E-state index contributed by atoms with van der Waals surface area (Å²) in [6.07, 6.45) is 5.76. The molecule has 0 spiro atoms. The molecule has 0 amide bonds. The highest BCUT2D eigenvalue weighted by atomic mass is 19.1. The van der Waals surface area contributed by atoms with Crippen molar-refractivity contribution in [3.8, 4) is 0 Å². The zero-order chi connectivity index (χ0) is 11.5. The standard InChI is InChI=1S/C12H18FN3/c1-3-10-11(13)12(15-7-14-10)16-8(2)6-9-4-5-9/h7-9H,3-6H2,1-2H3,(H,14,15,16). The van der Waals surface area contributed by atoms with Gasteiger partial charge in [0.2, 0.25) is 0 Å². The van der Waals surface area contributed by atoms with E-state index in [4.69, 9.17) is 0 Å². The second kappa shape index (κ2) is 4.76. The van der Waals surface area contributed by atoms with Crippen LogP contribution in [0.3, 0.4) is 0 Å². The Bertz CT molecular complexity index is 363. The minimum atomic E-state index is -0.298. The predicted octanol–water partition coefficient (Wildman–Crippen LogP) is 2.78. The number of hydrogen-bond acceptors (Lipinski definition) is 3. The summed E-state index contributed by atoms with van der Waals surface area (Å²) < 4.78 is 13.8. The van der Waals surface area contributed by atoms with Crippen molar-refractivity contribution >= 4 is 5.82 Å². The summed E-state index contributed by atoms with van der Waals surface area (Å²) in [5.74, 6) is 0.880. The molecule has 88 valence electrons. The van der Waals surface area contributed by atoms with Crippen molar-refractivity contribution in [1.29, 1.82) is 0 Å². The van der Waals surface area contributed by atoms with E-state index in [0.29, 0.717) is 17.9 Å². The first-order valence-corrected chi connectivity index (χ1v) is 5.96. The SMILES string of the molecule is CCc1ncnc(NC(C)CC2CC2)c1F.